The van der Waals surface area contributed by atoms with Crippen LogP contribution in [0.25, 0.3) is 11.0 Å². The van der Waals surface area contributed by atoms with Crippen molar-refractivity contribution in [1.29, 1.82) is 0 Å². The van der Waals surface area contributed by atoms with Gasteiger partial charge in [0, 0.05) is 38.8 Å². The summed E-state index contributed by atoms with van der Waals surface area (Å²) >= 11 is 0. The Balaban J connectivity index is 1.24. The van der Waals surface area contributed by atoms with Crippen LogP contribution in [0, 0.1) is 6.92 Å². The van der Waals surface area contributed by atoms with Gasteiger partial charge in [0.25, 0.3) is 0 Å². The van der Waals surface area contributed by atoms with Gasteiger partial charge in [-0.3, -0.25) is 0 Å². The van der Waals surface area contributed by atoms with Gasteiger partial charge < -0.3 is 24.3 Å². The fraction of sp³-hybridized carbons (Fsp3) is 0.391. The normalized spacial score (nSPS) is 16.6. The van der Waals surface area contributed by atoms with Gasteiger partial charge in [-0.05, 0) is 31.0 Å². The van der Waals surface area contributed by atoms with Crippen LogP contribution in [0.2, 0.25) is 0 Å². The first-order valence-electron chi connectivity index (χ1n) is 10.3. The zero-order valence-electron chi connectivity index (χ0n) is 17.5. The topological polar surface area (TPSA) is 68.6 Å². The molecule has 158 valence electrons. The number of ether oxygens (including phenoxy) is 2. The number of nitrogens with zero attached hydrogens (tertiary/aromatic N) is 3. The molecule has 3 aromatic rings. The van der Waals surface area contributed by atoms with Gasteiger partial charge >= 0.3 is 6.09 Å². The second kappa shape index (κ2) is 9.17. The second-order valence-electron chi connectivity index (χ2n) is 7.64. The van der Waals surface area contributed by atoms with Crippen LogP contribution >= 0.6 is 0 Å². The molecular formula is C23H28N4O3. The first-order chi connectivity index (χ1) is 14.6. The highest BCUT2D eigenvalue weighted by Gasteiger charge is 2.24. The van der Waals surface area contributed by atoms with Crippen molar-refractivity contribution in [2.75, 3.05) is 26.2 Å². The average Bonchev–Trinajstić information content (AvgIpc) is 3.06. The van der Waals surface area contributed by atoms with Crippen molar-refractivity contribution in [2.24, 2.45) is 7.05 Å². The van der Waals surface area contributed by atoms with Crippen molar-refractivity contribution in [3.05, 3.63) is 59.9 Å². The minimum absolute atomic E-state index is 0.184. The third-order valence-electron chi connectivity index (χ3n) is 5.53. The lowest BCUT2D eigenvalue weighted by Crippen LogP contribution is -2.53. The number of carbonyl (C=O) groups is 1. The van der Waals surface area contributed by atoms with Crippen molar-refractivity contribution < 1.29 is 14.3 Å². The predicted octanol–water partition coefficient (Wildman–Crippen LogP) is 3.26. The van der Waals surface area contributed by atoms with Crippen LogP contribution < -0.4 is 10.1 Å². The highest BCUT2D eigenvalue weighted by Crippen LogP contribution is 2.21. The number of benzene rings is 2. The molecule has 7 heteroatoms. The number of fused-ring (bicyclic) bond motifs is 1. The van der Waals surface area contributed by atoms with E-state index in [-0.39, 0.29) is 12.1 Å². The number of piperazine rings is 1. The van der Waals surface area contributed by atoms with Crippen LogP contribution in [0.3, 0.4) is 0 Å². The Morgan fingerprint density at radius 1 is 1.23 bits per heavy atom. The molecule has 1 aromatic heterocycles. The van der Waals surface area contributed by atoms with E-state index in [1.54, 1.807) is 4.90 Å². The van der Waals surface area contributed by atoms with E-state index in [1.165, 1.54) is 0 Å². The zero-order valence-corrected chi connectivity index (χ0v) is 17.5. The Kier molecular flexibility index (Phi) is 6.18. The van der Waals surface area contributed by atoms with Gasteiger partial charge in [-0.2, -0.15) is 0 Å². The highest BCUT2D eigenvalue weighted by atomic mass is 16.6. The average molecular weight is 409 g/mol. The second-order valence-corrected chi connectivity index (χ2v) is 7.64. The smallest absolute Gasteiger partial charge is 0.410 e. The Morgan fingerprint density at radius 2 is 2.07 bits per heavy atom. The van der Waals surface area contributed by atoms with Crippen molar-refractivity contribution >= 4 is 17.1 Å². The van der Waals surface area contributed by atoms with E-state index < -0.39 is 0 Å². The summed E-state index contributed by atoms with van der Waals surface area (Å²) in [5.74, 6) is 1.79. The number of nitrogens with one attached hydrogen (secondary N) is 1. The zero-order chi connectivity index (χ0) is 20.9. The molecule has 1 aliphatic rings. The number of imidazole rings is 1. The van der Waals surface area contributed by atoms with Gasteiger partial charge in [-0.1, -0.05) is 30.3 Å². The van der Waals surface area contributed by atoms with E-state index in [2.05, 4.69) is 14.9 Å². The summed E-state index contributed by atoms with van der Waals surface area (Å²) in [5.41, 5.74) is 3.03. The highest BCUT2D eigenvalue weighted by molar-refractivity contribution is 5.77. The van der Waals surface area contributed by atoms with Gasteiger partial charge in [-0.25, -0.2) is 9.78 Å². The number of aromatic nitrogens is 2. The molecule has 0 radical (unpaired) electrons. The fourth-order valence-corrected chi connectivity index (χ4v) is 3.70. The minimum atomic E-state index is -0.262. The molecule has 2 aromatic carbocycles. The first kappa shape index (κ1) is 20.2. The largest absolute Gasteiger partial charge is 0.493 e. The molecule has 0 aliphatic carbocycles. The molecule has 1 atom stereocenters. The van der Waals surface area contributed by atoms with Crippen molar-refractivity contribution in [3.63, 3.8) is 0 Å². The van der Waals surface area contributed by atoms with E-state index >= 15 is 0 Å². The standard InChI is InChI=1S/C23H28N4O3/c1-17-25-21-14-20(8-9-22(21)26(17)2)29-13-10-19-15-27(12-11-24-19)23(28)30-16-18-6-4-3-5-7-18/h3-9,14,19,24H,10-13,15-16H2,1-2H3/t19-/m1/s1. The van der Waals surface area contributed by atoms with Crippen LogP contribution in [-0.4, -0.2) is 52.8 Å². The summed E-state index contributed by atoms with van der Waals surface area (Å²) in [6.45, 7) is 4.89. The number of amides is 1. The molecule has 7 nitrogen and oxygen atoms in total. The van der Waals surface area contributed by atoms with E-state index in [0.717, 1.165) is 41.1 Å². The summed E-state index contributed by atoms with van der Waals surface area (Å²) in [6, 6.07) is 15.9. The molecule has 2 heterocycles. The van der Waals surface area contributed by atoms with Gasteiger partial charge in [0.05, 0.1) is 17.6 Å². The minimum Gasteiger partial charge on any atom is -0.493 e. The fourth-order valence-electron chi connectivity index (χ4n) is 3.70. The van der Waals surface area contributed by atoms with E-state index in [4.69, 9.17) is 9.47 Å². The van der Waals surface area contributed by atoms with Crippen LogP contribution in [0.15, 0.2) is 48.5 Å². The molecule has 1 amide bonds. The maximum absolute atomic E-state index is 12.4. The van der Waals surface area contributed by atoms with E-state index in [1.807, 2.05) is 62.5 Å². The molecule has 1 fully saturated rings. The third kappa shape index (κ3) is 4.74. The van der Waals surface area contributed by atoms with E-state index in [0.29, 0.717) is 26.3 Å². The number of hydrogen-bond donors (Lipinski definition) is 1. The lowest BCUT2D eigenvalue weighted by atomic mass is 10.1. The quantitative estimate of drug-likeness (QED) is 0.678. The molecule has 30 heavy (non-hydrogen) atoms. The summed E-state index contributed by atoms with van der Waals surface area (Å²) in [4.78, 5) is 18.7. The number of rotatable bonds is 6. The third-order valence-corrected chi connectivity index (χ3v) is 5.53. The van der Waals surface area contributed by atoms with E-state index in [9.17, 15) is 4.79 Å². The van der Waals surface area contributed by atoms with Crippen LogP contribution in [-0.2, 0) is 18.4 Å². The van der Waals surface area contributed by atoms with Gasteiger partial charge in [0.15, 0.2) is 0 Å². The molecule has 1 saturated heterocycles. The predicted molar refractivity (Wildman–Crippen MR) is 116 cm³/mol. The molecule has 0 spiro atoms. The molecule has 4 rings (SSSR count). The number of hydrogen-bond acceptors (Lipinski definition) is 5. The van der Waals surface area contributed by atoms with Gasteiger partial charge in [0.2, 0.25) is 0 Å². The maximum Gasteiger partial charge on any atom is 0.410 e. The number of aryl methyl sites for hydroxylation is 2. The molecule has 0 bridgehead atoms. The molecule has 1 N–H and O–H groups in total. The Bertz CT molecular complexity index is 1000. The first-order valence-corrected chi connectivity index (χ1v) is 10.3. The Labute approximate surface area is 176 Å². The molecule has 0 unspecified atom stereocenters. The van der Waals surface area contributed by atoms with Crippen molar-refractivity contribution in [2.45, 2.75) is 26.0 Å². The monoisotopic (exact) mass is 408 g/mol. The lowest BCUT2D eigenvalue weighted by Gasteiger charge is -2.33. The van der Waals surface area contributed by atoms with Gasteiger partial charge in [0.1, 0.15) is 18.2 Å². The maximum atomic E-state index is 12.4. The summed E-state index contributed by atoms with van der Waals surface area (Å²) in [7, 11) is 2.01. The van der Waals surface area contributed by atoms with Crippen LogP contribution in [0.5, 0.6) is 5.75 Å². The van der Waals surface area contributed by atoms with Crippen molar-refractivity contribution in [1.82, 2.24) is 19.8 Å². The Morgan fingerprint density at radius 3 is 2.90 bits per heavy atom. The van der Waals surface area contributed by atoms with Crippen LogP contribution in [0.4, 0.5) is 4.79 Å². The molecular weight excluding hydrogens is 380 g/mol. The number of carbonyl (C=O) groups excluding carboxylic acids is 1. The molecule has 1 aliphatic heterocycles. The lowest BCUT2D eigenvalue weighted by molar-refractivity contribution is 0.0827. The molecule has 0 saturated carbocycles. The SMILES string of the molecule is Cc1nc2cc(OCC[C@@H]3CN(C(=O)OCc4ccccc4)CCN3)ccc2n1C. The summed E-state index contributed by atoms with van der Waals surface area (Å²) < 4.78 is 13.5. The van der Waals surface area contributed by atoms with Crippen LogP contribution in [0.1, 0.15) is 17.8 Å². The summed E-state index contributed by atoms with van der Waals surface area (Å²) in [6.07, 6.45) is 0.545. The van der Waals surface area contributed by atoms with Crippen molar-refractivity contribution in [3.8, 4) is 5.75 Å². The summed E-state index contributed by atoms with van der Waals surface area (Å²) in [5, 5.41) is 3.46. The van der Waals surface area contributed by atoms with Gasteiger partial charge in [-0.15, -0.1) is 0 Å². The Hall–Kier alpha value is -3.06.